The second kappa shape index (κ2) is 5.30. The Hall–Kier alpha value is -0.690. The molecule has 0 saturated carbocycles. The van der Waals surface area contributed by atoms with Crippen LogP contribution in [0.5, 0.6) is 0 Å². The van der Waals surface area contributed by atoms with E-state index in [4.69, 9.17) is 5.73 Å². The number of anilines is 1. The molecule has 0 aliphatic rings. The standard InChI is InChI=1S/C12H16FIN2O/c1-12(2,3)10(15)11(17)16-8-6-4-5-7(13)9(8)14/h4-6,10H,15H2,1-3H3,(H,16,17)/t10-/m0/s1. The van der Waals surface area contributed by atoms with Crippen molar-refractivity contribution in [2.75, 3.05) is 5.32 Å². The molecule has 1 aromatic rings. The first kappa shape index (κ1) is 14.4. The van der Waals surface area contributed by atoms with Crippen molar-refractivity contribution in [3.05, 3.63) is 27.6 Å². The fourth-order valence-electron chi connectivity index (χ4n) is 1.20. The minimum absolute atomic E-state index is 0.305. The molecule has 0 unspecified atom stereocenters. The number of hydrogen-bond acceptors (Lipinski definition) is 2. The van der Waals surface area contributed by atoms with Gasteiger partial charge in [0.25, 0.3) is 0 Å². The number of benzene rings is 1. The predicted molar refractivity (Wildman–Crippen MR) is 75.2 cm³/mol. The summed E-state index contributed by atoms with van der Waals surface area (Å²) < 4.78 is 13.7. The molecule has 0 saturated heterocycles. The van der Waals surface area contributed by atoms with E-state index in [1.165, 1.54) is 6.07 Å². The number of nitrogens with one attached hydrogen (secondary N) is 1. The van der Waals surface area contributed by atoms with Crippen LogP contribution in [-0.4, -0.2) is 11.9 Å². The molecule has 0 aromatic heterocycles. The Balaban J connectivity index is 2.86. The van der Waals surface area contributed by atoms with Crippen LogP contribution in [0.1, 0.15) is 20.8 Å². The molecule has 5 heteroatoms. The van der Waals surface area contributed by atoms with Crippen LogP contribution in [0.15, 0.2) is 18.2 Å². The average molecular weight is 350 g/mol. The van der Waals surface area contributed by atoms with Gasteiger partial charge >= 0.3 is 0 Å². The highest BCUT2D eigenvalue weighted by Crippen LogP contribution is 2.23. The lowest BCUT2D eigenvalue weighted by molar-refractivity contribution is -0.119. The van der Waals surface area contributed by atoms with Gasteiger partial charge in [-0.1, -0.05) is 26.8 Å². The number of carbonyl (C=O) groups excluding carboxylic acids is 1. The van der Waals surface area contributed by atoms with E-state index in [0.717, 1.165) is 0 Å². The van der Waals surface area contributed by atoms with Crippen molar-refractivity contribution >= 4 is 34.2 Å². The van der Waals surface area contributed by atoms with Gasteiger partial charge in [0.2, 0.25) is 5.91 Å². The van der Waals surface area contributed by atoms with E-state index in [1.807, 2.05) is 43.4 Å². The maximum Gasteiger partial charge on any atom is 0.241 e. The van der Waals surface area contributed by atoms with E-state index in [-0.39, 0.29) is 17.1 Å². The first-order chi connectivity index (χ1) is 7.73. The highest BCUT2D eigenvalue weighted by Gasteiger charge is 2.27. The van der Waals surface area contributed by atoms with Gasteiger partial charge in [-0.25, -0.2) is 4.39 Å². The van der Waals surface area contributed by atoms with Crippen LogP contribution in [0.25, 0.3) is 0 Å². The number of amides is 1. The summed E-state index contributed by atoms with van der Waals surface area (Å²) in [6, 6.07) is 3.91. The topological polar surface area (TPSA) is 55.1 Å². The summed E-state index contributed by atoms with van der Waals surface area (Å²) in [6.07, 6.45) is 0. The third kappa shape index (κ3) is 3.64. The van der Waals surface area contributed by atoms with E-state index in [2.05, 4.69) is 5.32 Å². The molecule has 1 rings (SSSR count). The highest BCUT2D eigenvalue weighted by molar-refractivity contribution is 14.1. The zero-order valence-electron chi connectivity index (χ0n) is 10.1. The Kier molecular flexibility index (Phi) is 4.48. The minimum atomic E-state index is -0.637. The highest BCUT2D eigenvalue weighted by atomic mass is 127. The van der Waals surface area contributed by atoms with Gasteiger partial charge in [0.05, 0.1) is 15.3 Å². The smallest absolute Gasteiger partial charge is 0.241 e. The van der Waals surface area contributed by atoms with Crippen molar-refractivity contribution in [2.45, 2.75) is 26.8 Å². The van der Waals surface area contributed by atoms with Crippen LogP contribution < -0.4 is 11.1 Å². The summed E-state index contributed by atoms with van der Waals surface area (Å²) in [5.41, 5.74) is 5.95. The molecule has 94 valence electrons. The molecule has 0 spiro atoms. The van der Waals surface area contributed by atoms with E-state index >= 15 is 0 Å². The summed E-state index contributed by atoms with van der Waals surface area (Å²) in [5.74, 6) is -0.659. The fourth-order valence-corrected chi connectivity index (χ4v) is 1.70. The van der Waals surface area contributed by atoms with Crippen LogP contribution in [0.4, 0.5) is 10.1 Å². The minimum Gasteiger partial charge on any atom is -0.324 e. The molecule has 0 aliphatic carbocycles. The molecular formula is C12H16FIN2O. The fraction of sp³-hybridized carbons (Fsp3) is 0.417. The van der Waals surface area contributed by atoms with Crippen molar-refractivity contribution < 1.29 is 9.18 Å². The van der Waals surface area contributed by atoms with Gasteiger partial charge in [0, 0.05) is 0 Å². The SMILES string of the molecule is CC(C)(C)[C@@H](N)C(=O)Nc1cccc(F)c1I. The molecule has 0 fully saturated rings. The van der Waals surface area contributed by atoms with Gasteiger partial charge in [-0.05, 0) is 40.1 Å². The normalized spacial score (nSPS) is 13.3. The van der Waals surface area contributed by atoms with Crippen LogP contribution in [0.2, 0.25) is 0 Å². The largest absolute Gasteiger partial charge is 0.324 e. The van der Waals surface area contributed by atoms with Crippen molar-refractivity contribution in [3.8, 4) is 0 Å². The first-order valence-corrected chi connectivity index (χ1v) is 6.32. The summed E-state index contributed by atoms with van der Waals surface area (Å²) in [4.78, 5) is 11.9. The molecule has 0 bridgehead atoms. The lowest BCUT2D eigenvalue weighted by atomic mass is 9.87. The molecule has 1 aromatic carbocycles. The van der Waals surface area contributed by atoms with Crippen LogP contribution in [-0.2, 0) is 4.79 Å². The van der Waals surface area contributed by atoms with Crippen LogP contribution >= 0.6 is 22.6 Å². The summed E-state index contributed by atoms with van der Waals surface area (Å²) in [7, 11) is 0. The molecule has 0 radical (unpaired) electrons. The van der Waals surface area contributed by atoms with Gasteiger partial charge in [-0.15, -0.1) is 0 Å². The van der Waals surface area contributed by atoms with Crippen molar-refractivity contribution in [1.82, 2.24) is 0 Å². The quantitative estimate of drug-likeness (QED) is 0.806. The van der Waals surface area contributed by atoms with Gasteiger partial charge < -0.3 is 11.1 Å². The number of nitrogens with two attached hydrogens (primary N) is 1. The van der Waals surface area contributed by atoms with Gasteiger partial charge in [0.15, 0.2) is 0 Å². The third-order valence-electron chi connectivity index (χ3n) is 2.42. The summed E-state index contributed by atoms with van der Waals surface area (Å²) in [5, 5.41) is 2.65. The average Bonchev–Trinajstić information content (AvgIpc) is 2.22. The third-order valence-corrected chi connectivity index (χ3v) is 3.52. The van der Waals surface area contributed by atoms with E-state index in [1.54, 1.807) is 12.1 Å². The molecule has 1 atom stereocenters. The summed E-state index contributed by atoms with van der Waals surface area (Å²) in [6.45, 7) is 5.65. The number of rotatable bonds is 2. The second-order valence-corrected chi connectivity index (χ2v) is 6.01. The van der Waals surface area contributed by atoms with Crippen LogP contribution in [0.3, 0.4) is 0 Å². The van der Waals surface area contributed by atoms with E-state index < -0.39 is 6.04 Å². The Morgan fingerprint density at radius 2 is 2.06 bits per heavy atom. The number of carbonyl (C=O) groups is 1. The first-order valence-electron chi connectivity index (χ1n) is 5.24. The number of halogens is 2. The van der Waals surface area contributed by atoms with E-state index in [0.29, 0.717) is 9.26 Å². The zero-order valence-corrected chi connectivity index (χ0v) is 12.2. The Labute approximate surface area is 114 Å². The summed E-state index contributed by atoms with van der Waals surface area (Å²) >= 11 is 1.85. The van der Waals surface area contributed by atoms with E-state index in [9.17, 15) is 9.18 Å². The maximum atomic E-state index is 13.3. The van der Waals surface area contributed by atoms with Crippen molar-refractivity contribution in [2.24, 2.45) is 11.1 Å². The van der Waals surface area contributed by atoms with Gasteiger partial charge in [0.1, 0.15) is 5.82 Å². The Morgan fingerprint density at radius 1 is 1.47 bits per heavy atom. The molecule has 0 heterocycles. The van der Waals surface area contributed by atoms with Crippen LogP contribution in [0, 0.1) is 14.8 Å². The molecule has 0 aliphatic heterocycles. The van der Waals surface area contributed by atoms with Gasteiger partial charge in [-0.2, -0.15) is 0 Å². The number of hydrogen-bond donors (Lipinski definition) is 2. The van der Waals surface area contributed by atoms with Crippen molar-refractivity contribution in [1.29, 1.82) is 0 Å². The second-order valence-electron chi connectivity index (χ2n) is 4.93. The molecule has 17 heavy (non-hydrogen) atoms. The lowest BCUT2D eigenvalue weighted by Gasteiger charge is -2.26. The molecular weight excluding hydrogens is 334 g/mol. The molecule has 3 N–H and O–H groups in total. The maximum absolute atomic E-state index is 13.3. The predicted octanol–water partition coefficient (Wildman–Crippen LogP) is 2.74. The van der Waals surface area contributed by atoms with Crippen molar-refractivity contribution in [3.63, 3.8) is 0 Å². The van der Waals surface area contributed by atoms with Gasteiger partial charge in [-0.3, -0.25) is 4.79 Å². The Bertz CT molecular complexity index is 429. The lowest BCUT2D eigenvalue weighted by Crippen LogP contribution is -2.45. The Morgan fingerprint density at radius 3 is 2.59 bits per heavy atom. The zero-order chi connectivity index (χ0) is 13.2. The monoisotopic (exact) mass is 350 g/mol. The molecule has 1 amide bonds. The molecule has 3 nitrogen and oxygen atoms in total.